The number of hydrogen-bond acceptors (Lipinski definition) is 1. The Balaban J connectivity index is 2.90. The Morgan fingerprint density at radius 3 is 2.64 bits per heavy atom. The summed E-state index contributed by atoms with van der Waals surface area (Å²) in [6, 6.07) is 3.92. The van der Waals surface area contributed by atoms with Crippen LogP contribution in [0.2, 0.25) is 5.02 Å². The average Bonchev–Trinajstić information content (AvgIpc) is 2.18. The van der Waals surface area contributed by atoms with Crippen molar-refractivity contribution in [2.45, 2.75) is 19.8 Å². The molecule has 0 aromatic heterocycles. The van der Waals surface area contributed by atoms with E-state index in [9.17, 15) is 0 Å². The zero-order chi connectivity index (χ0) is 10.6. The Morgan fingerprint density at radius 1 is 1.36 bits per heavy atom. The molecule has 0 spiro atoms. The Morgan fingerprint density at radius 2 is 2.07 bits per heavy atom. The fourth-order valence-corrected chi connectivity index (χ4v) is 1.78. The van der Waals surface area contributed by atoms with Crippen molar-refractivity contribution in [2.75, 3.05) is 13.0 Å². The van der Waals surface area contributed by atoms with E-state index in [-0.39, 0.29) is 0 Å². The minimum absolute atomic E-state index is 0.669. The van der Waals surface area contributed by atoms with Crippen molar-refractivity contribution in [1.82, 2.24) is 0 Å². The molecule has 0 bridgehead atoms. The molecule has 0 heterocycles. The molecule has 0 aliphatic heterocycles. The second-order valence-corrected chi connectivity index (χ2v) is 3.99. The lowest BCUT2D eigenvalue weighted by Crippen LogP contribution is -1.93. The molecule has 1 rings (SSSR count). The lowest BCUT2D eigenvalue weighted by atomic mass is 10.0. The smallest absolute Gasteiger partial charge is 0.137 e. The number of hydrogen-bond donors (Lipinski definition) is 0. The maximum Gasteiger partial charge on any atom is 0.137 e. The van der Waals surface area contributed by atoms with Crippen LogP contribution in [-0.4, -0.2) is 13.0 Å². The van der Waals surface area contributed by atoms with Crippen LogP contribution in [0.25, 0.3) is 0 Å². The van der Waals surface area contributed by atoms with E-state index in [1.807, 2.05) is 12.1 Å². The lowest BCUT2D eigenvalue weighted by Gasteiger charge is -2.09. The first-order valence-corrected chi connectivity index (χ1v) is 5.49. The number of methoxy groups -OCH3 is 1. The van der Waals surface area contributed by atoms with Gasteiger partial charge >= 0.3 is 0 Å². The quantitative estimate of drug-likeness (QED) is 0.718. The zero-order valence-electron chi connectivity index (χ0n) is 8.44. The van der Waals surface area contributed by atoms with Crippen molar-refractivity contribution in [3.8, 4) is 5.75 Å². The third-order valence-electron chi connectivity index (χ3n) is 2.19. The van der Waals surface area contributed by atoms with Gasteiger partial charge in [-0.1, -0.05) is 11.6 Å². The van der Waals surface area contributed by atoms with Gasteiger partial charge in [0.15, 0.2) is 0 Å². The first kappa shape index (κ1) is 11.7. The van der Waals surface area contributed by atoms with Crippen molar-refractivity contribution in [2.24, 2.45) is 0 Å². The number of ether oxygens (including phenoxy) is 1. The minimum Gasteiger partial charge on any atom is -0.495 e. The minimum atomic E-state index is 0.669. The third-order valence-corrected chi connectivity index (χ3v) is 2.75. The molecule has 14 heavy (non-hydrogen) atoms. The van der Waals surface area contributed by atoms with Crippen LogP contribution in [0, 0.1) is 6.92 Å². The van der Waals surface area contributed by atoms with E-state index < -0.39 is 0 Å². The number of benzene rings is 1. The predicted octanol–water partition coefficient (Wildman–Crippen LogP) is 3.83. The van der Waals surface area contributed by atoms with Gasteiger partial charge in [0.1, 0.15) is 5.75 Å². The van der Waals surface area contributed by atoms with Gasteiger partial charge in [0, 0.05) is 5.88 Å². The number of alkyl halides is 1. The predicted molar refractivity (Wildman–Crippen MR) is 61.8 cm³/mol. The maximum atomic E-state index is 6.02. The van der Waals surface area contributed by atoms with Gasteiger partial charge in [-0.05, 0) is 43.0 Å². The van der Waals surface area contributed by atoms with Crippen molar-refractivity contribution in [3.05, 3.63) is 28.3 Å². The molecule has 0 aliphatic carbocycles. The van der Waals surface area contributed by atoms with Crippen LogP contribution >= 0.6 is 23.2 Å². The van der Waals surface area contributed by atoms with Crippen LogP contribution < -0.4 is 4.74 Å². The summed E-state index contributed by atoms with van der Waals surface area (Å²) in [5.74, 6) is 1.42. The van der Waals surface area contributed by atoms with Crippen molar-refractivity contribution in [3.63, 3.8) is 0 Å². The highest BCUT2D eigenvalue weighted by molar-refractivity contribution is 6.32. The molecular formula is C11H14Cl2O. The summed E-state index contributed by atoms with van der Waals surface area (Å²) < 4.78 is 5.13. The Bertz CT molecular complexity index is 310. The van der Waals surface area contributed by atoms with Gasteiger partial charge in [0.25, 0.3) is 0 Å². The molecule has 0 unspecified atom stereocenters. The van der Waals surface area contributed by atoms with E-state index in [1.165, 1.54) is 11.1 Å². The maximum absolute atomic E-state index is 6.02. The second-order valence-electron chi connectivity index (χ2n) is 3.21. The highest BCUT2D eigenvalue weighted by Gasteiger charge is 2.05. The molecule has 0 atom stereocenters. The largest absolute Gasteiger partial charge is 0.495 e. The highest BCUT2D eigenvalue weighted by Crippen LogP contribution is 2.28. The second kappa shape index (κ2) is 5.47. The van der Waals surface area contributed by atoms with Crippen LogP contribution in [0.1, 0.15) is 17.5 Å². The molecule has 3 heteroatoms. The summed E-state index contributed by atoms with van der Waals surface area (Å²) >= 11 is 11.7. The molecule has 0 saturated heterocycles. The summed E-state index contributed by atoms with van der Waals surface area (Å²) in [6.07, 6.45) is 1.95. The summed E-state index contributed by atoms with van der Waals surface area (Å²) in [5, 5.41) is 0.669. The van der Waals surface area contributed by atoms with Crippen molar-refractivity contribution in [1.29, 1.82) is 0 Å². The lowest BCUT2D eigenvalue weighted by molar-refractivity contribution is 0.414. The molecule has 0 aliphatic rings. The molecule has 0 fully saturated rings. The SMILES string of the molecule is COc1cc(C)c(CCCCl)cc1Cl. The van der Waals surface area contributed by atoms with Crippen LogP contribution in [0.5, 0.6) is 5.75 Å². The van der Waals surface area contributed by atoms with Gasteiger partial charge in [-0.25, -0.2) is 0 Å². The fourth-order valence-electron chi connectivity index (χ4n) is 1.38. The topological polar surface area (TPSA) is 9.23 Å². The number of rotatable bonds is 4. The van der Waals surface area contributed by atoms with Gasteiger partial charge < -0.3 is 4.74 Å². The van der Waals surface area contributed by atoms with Gasteiger partial charge in [-0.2, -0.15) is 0 Å². The standard InChI is InChI=1S/C11H14Cl2O/c1-8-6-11(14-2)10(13)7-9(8)4-3-5-12/h6-7H,3-5H2,1-2H3. The first-order chi connectivity index (χ1) is 6.69. The van der Waals surface area contributed by atoms with E-state index in [0.717, 1.165) is 18.6 Å². The summed E-state index contributed by atoms with van der Waals surface area (Å²) in [6.45, 7) is 2.06. The van der Waals surface area contributed by atoms with Crippen LogP contribution in [0.3, 0.4) is 0 Å². The first-order valence-electron chi connectivity index (χ1n) is 4.58. The molecule has 0 radical (unpaired) electrons. The van der Waals surface area contributed by atoms with E-state index in [2.05, 4.69) is 6.92 Å². The zero-order valence-corrected chi connectivity index (χ0v) is 9.95. The average molecular weight is 233 g/mol. The normalized spacial score (nSPS) is 10.3. The fraction of sp³-hybridized carbons (Fsp3) is 0.455. The van der Waals surface area contributed by atoms with E-state index in [4.69, 9.17) is 27.9 Å². The third kappa shape index (κ3) is 2.79. The number of aryl methyl sites for hydroxylation is 2. The van der Waals surface area contributed by atoms with Crippen LogP contribution in [0.15, 0.2) is 12.1 Å². The molecule has 0 amide bonds. The molecule has 1 aromatic carbocycles. The van der Waals surface area contributed by atoms with Gasteiger partial charge in [-0.15, -0.1) is 11.6 Å². The Labute approximate surface area is 95.0 Å². The summed E-state index contributed by atoms with van der Waals surface area (Å²) in [4.78, 5) is 0. The van der Waals surface area contributed by atoms with Gasteiger partial charge in [0.05, 0.1) is 12.1 Å². The molecule has 78 valence electrons. The van der Waals surface area contributed by atoms with Crippen molar-refractivity contribution >= 4 is 23.2 Å². The Kier molecular flexibility index (Phi) is 4.56. The van der Waals surface area contributed by atoms with Crippen LogP contribution in [0.4, 0.5) is 0 Å². The van der Waals surface area contributed by atoms with Gasteiger partial charge in [0.2, 0.25) is 0 Å². The summed E-state index contributed by atoms with van der Waals surface area (Å²) in [5.41, 5.74) is 2.45. The molecular weight excluding hydrogens is 219 g/mol. The monoisotopic (exact) mass is 232 g/mol. The van der Waals surface area contributed by atoms with E-state index in [0.29, 0.717) is 10.9 Å². The van der Waals surface area contributed by atoms with Gasteiger partial charge in [-0.3, -0.25) is 0 Å². The molecule has 1 aromatic rings. The van der Waals surface area contributed by atoms with Crippen LogP contribution in [-0.2, 0) is 6.42 Å². The summed E-state index contributed by atoms with van der Waals surface area (Å²) in [7, 11) is 1.62. The molecule has 1 nitrogen and oxygen atoms in total. The Hall–Kier alpha value is -0.400. The van der Waals surface area contributed by atoms with Crippen molar-refractivity contribution < 1.29 is 4.74 Å². The van der Waals surface area contributed by atoms with E-state index in [1.54, 1.807) is 7.11 Å². The molecule has 0 saturated carbocycles. The molecule has 0 N–H and O–H groups in total. The van der Waals surface area contributed by atoms with E-state index >= 15 is 0 Å². The number of halogens is 2. The highest BCUT2D eigenvalue weighted by atomic mass is 35.5.